The van der Waals surface area contributed by atoms with E-state index in [1.807, 2.05) is 19.1 Å². The molecule has 0 aromatic heterocycles. The Morgan fingerprint density at radius 1 is 1.15 bits per heavy atom. The summed E-state index contributed by atoms with van der Waals surface area (Å²) in [6, 6.07) is 9.77. The van der Waals surface area contributed by atoms with Crippen LogP contribution in [0.3, 0.4) is 0 Å². The molecule has 0 heterocycles. The predicted octanol–water partition coefficient (Wildman–Crippen LogP) is 3.97. The molecule has 0 saturated carbocycles. The third-order valence-corrected chi connectivity index (χ3v) is 5.49. The molecule has 146 valence electrons. The van der Waals surface area contributed by atoms with E-state index in [-0.39, 0.29) is 0 Å². The summed E-state index contributed by atoms with van der Waals surface area (Å²) in [5.41, 5.74) is 9.61. The van der Waals surface area contributed by atoms with Crippen molar-refractivity contribution in [2.45, 2.75) is 33.7 Å². The fourth-order valence-corrected chi connectivity index (χ4v) is 3.80. The molecule has 0 aliphatic heterocycles. The molecule has 2 aromatic rings. The summed E-state index contributed by atoms with van der Waals surface area (Å²) in [6.45, 7) is 9.09. The zero-order valence-electron chi connectivity index (χ0n) is 17.1. The van der Waals surface area contributed by atoms with Crippen LogP contribution in [0.25, 0.3) is 0 Å². The molecule has 0 aliphatic carbocycles. The highest BCUT2D eigenvalue weighted by atomic mass is 31.1. The summed E-state index contributed by atoms with van der Waals surface area (Å²) in [5.74, 6) is 1.14. The Labute approximate surface area is 164 Å². The molecule has 0 radical (unpaired) electrons. The SMILES string of the molecule is CCc1cc(O)ccc1CN/C(=P/C)N(C)c1cc(ONC)c(C)cc1C. The van der Waals surface area contributed by atoms with Crippen LogP contribution in [0.4, 0.5) is 5.69 Å². The Morgan fingerprint density at radius 3 is 2.52 bits per heavy atom. The highest BCUT2D eigenvalue weighted by Crippen LogP contribution is 2.29. The predicted molar refractivity (Wildman–Crippen MR) is 116 cm³/mol. The molecular formula is C21H30N3O2P. The second-order valence-corrected chi connectivity index (χ2v) is 7.35. The Bertz CT molecular complexity index is 821. The monoisotopic (exact) mass is 387 g/mol. The first kappa shape index (κ1) is 21.2. The van der Waals surface area contributed by atoms with Crippen LogP contribution in [0.1, 0.15) is 29.2 Å². The minimum absolute atomic E-state index is 0.317. The van der Waals surface area contributed by atoms with Crippen LogP contribution < -0.4 is 20.5 Å². The minimum Gasteiger partial charge on any atom is -0.508 e. The molecule has 3 N–H and O–H groups in total. The summed E-state index contributed by atoms with van der Waals surface area (Å²) in [4.78, 5) is 7.71. The number of phenolic OH excluding ortho intramolecular Hbond substituents is 1. The topological polar surface area (TPSA) is 56.8 Å². The van der Waals surface area contributed by atoms with E-state index >= 15 is 0 Å². The second-order valence-electron chi connectivity index (χ2n) is 6.48. The number of nitrogens with zero attached hydrogens (tertiary/aromatic N) is 1. The Morgan fingerprint density at radius 2 is 1.89 bits per heavy atom. The number of anilines is 1. The van der Waals surface area contributed by atoms with E-state index < -0.39 is 0 Å². The Kier molecular flexibility index (Phi) is 7.66. The highest BCUT2D eigenvalue weighted by molar-refractivity contribution is 7.39. The van der Waals surface area contributed by atoms with Gasteiger partial charge in [0.15, 0.2) is 5.75 Å². The van der Waals surface area contributed by atoms with Crippen LogP contribution in [0.2, 0.25) is 0 Å². The average Bonchev–Trinajstić information content (AvgIpc) is 2.65. The quantitative estimate of drug-likeness (QED) is 0.473. The summed E-state index contributed by atoms with van der Waals surface area (Å²) < 4.78 is 0. The number of hydrogen-bond donors (Lipinski definition) is 3. The molecular weight excluding hydrogens is 357 g/mol. The van der Waals surface area contributed by atoms with Crippen LogP contribution in [0.15, 0.2) is 30.3 Å². The standard InChI is InChI=1S/C21H30N3O2P/c1-7-16-11-18(25)9-8-17(16)13-23-21(27-6)24(5)19-12-20(26-22-4)15(3)10-14(19)2/h8-12,22-23,25H,7,13H2,1-6H3. The maximum absolute atomic E-state index is 9.70. The first-order valence-corrected chi connectivity index (χ1v) is 10.4. The summed E-state index contributed by atoms with van der Waals surface area (Å²) in [7, 11) is 4.97. The molecule has 0 atom stereocenters. The number of aromatic hydroxyl groups is 1. The van der Waals surface area contributed by atoms with Crippen molar-refractivity contribution >= 4 is 19.4 Å². The number of rotatable bonds is 8. The van der Waals surface area contributed by atoms with Crippen molar-refractivity contribution in [3.63, 3.8) is 0 Å². The lowest BCUT2D eigenvalue weighted by Crippen LogP contribution is -2.37. The minimum atomic E-state index is 0.317. The fraction of sp³-hybridized carbons (Fsp3) is 0.381. The number of phenols is 1. The first-order chi connectivity index (χ1) is 12.9. The molecule has 0 spiro atoms. The van der Waals surface area contributed by atoms with Crippen molar-refractivity contribution in [1.82, 2.24) is 10.8 Å². The van der Waals surface area contributed by atoms with E-state index in [2.05, 4.69) is 55.4 Å². The van der Waals surface area contributed by atoms with Gasteiger partial charge in [0.2, 0.25) is 0 Å². The normalized spacial score (nSPS) is 11.6. The van der Waals surface area contributed by atoms with Gasteiger partial charge in [0.25, 0.3) is 0 Å². The number of hydrogen-bond acceptors (Lipinski definition) is 3. The van der Waals surface area contributed by atoms with Gasteiger partial charge in [-0.15, -0.1) is 0 Å². The van der Waals surface area contributed by atoms with E-state index in [0.717, 1.165) is 49.3 Å². The van der Waals surface area contributed by atoms with E-state index in [4.69, 9.17) is 4.84 Å². The maximum atomic E-state index is 9.70. The van der Waals surface area contributed by atoms with Crippen molar-refractivity contribution in [2.24, 2.45) is 0 Å². The van der Waals surface area contributed by atoms with Crippen LogP contribution in [0, 0.1) is 13.8 Å². The molecule has 0 bridgehead atoms. The number of benzene rings is 2. The van der Waals surface area contributed by atoms with Gasteiger partial charge in [-0.2, -0.15) is 5.48 Å². The van der Waals surface area contributed by atoms with E-state index in [9.17, 15) is 5.11 Å². The molecule has 0 amide bonds. The lowest BCUT2D eigenvalue weighted by atomic mass is 10.0. The second kappa shape index (κ2) is 9.75. The molecule has 5 nitrogen and oxygen atoms in total. The third kappa shape index (κ3) is 5.23. The maximum Gasteiger partial charge on any atom is 0.152 e. The van der Waals surface area contributed by atoms with E-state index in [0.29, 0.717) is 5.75 Å². The molecule has 0 saturated heterocycles. The largest absolute Gasteiger partial charge is 0.508 e. The first-order valence-electron chi connectivity index (χ1n) is 9.11. The van der Waals surface area contributed by atoms with Gasteiger partial charge in [0, 0.05) is 32.4 Å². The van der Waals surface area contributed by atoms with Crippen molar-refractivity contribution in [3.05, 3.63) is 52.6 Å². The number of hydroxylamine groups is 1. The lowest BCUT2D eigenvalue weighted by Gasteiger charge is -2.26. The van der Waals surface area contributed by atoms with Crippen LogP contribution >= 0.6 is 8.20 Å². The highest BCUT2D eigenvalue weighted by Gasteiger charge is 2.14. The van der Waals surface area contributed by atoms with Gasteiger partial charge in [-0.25, -0.2) is 0 Å². The van der Waals surface area contributed by atoms with Gasteiger partial charge in [-0.1, -0.05) is 27.3 Å². The van der Waals surface area contributed by atoms with Crippen LogP contribution in [-0.4, -0.2) is 31.4 Å². The van der Waals surface area contributed by atoms with Gasteiger partial charge >= 0.3 is 0 Å². The average molecular weight is 387 g/mol. The Balaban J connectivity index is 2.22. The molecule has 0 fully saturated rings. The number of aryl methyl sites for hydroxylation is 3. The van der Waals surface area contributed by atoms with Gasteiger partial charge in [0.05, 0.1) is 0 Å². The summed E-state index contributed by atoms with van der Waals surface area (Å²) in [6.07, 6.45) is 0.891. The molecule has 0 unspecified atom stereocenters. The number of nitrogens with one attached hydrogen (secondary N) is 2. The summed E-state index contributed by atoms with van der Waals surface area (Å²) >= 11 is 0. The van der Waals surface area contributed by atoms with Gasteiger partial charge < -0.3 is 14.8 Å². The van der Waals surface area contributed by atoms with E-state index in [1.54, 1.807) is 13.1 Å². The van der Waals surface area contributed by atoms with Gasteiger partial charge in [0.1, 0.15) is 11.3 Å². The molecule has 2 aromatic carbocycles. The third-order valence-electron chi connectivity index (χ3n) is 4.60. The zero-order valence-corrected chi connectivity index (χ0v) is 17.9. The van der Waals surface area contributed by atoms with Crippen LogP contribution in [0.5, 0.6) is 11.5 Å². The van der Waals surface area contributed by atoms with Gasteiger partial charge in [-0.3, -0.25) is 5.32 Å². The van der Waals surface area contributed by atoms with Gasteiger partial charge in [-0.05, 0) is 61.3 Å². The summed E-state index contributed by atoms with van der Waals surface area (Å²) in [5, 5.41) is 13.3. The van der Waals surface area contributed by atoms with Crippen molar-refractivity contribution in [1.29, 1.82) is 0 Å². The van der Waals surface area contributed by atoms with Crippen molar-refractivity contribution in [3.8, 4) is 11.5 Å². The molecule has 6 heteroatoms. The van der Waals surface area contributed by atoms with Crippen LogP contribution in [-0.2, 0) is 13.0 Å². The lowest BCUT2D eigenvalue weighted by molar-refractivity contribution is 0.222. The zero-order chi connectivity index (χ0) is 20.0. The van der Waals surface area contributed by atoms with Crippen molar-refractivity contribution < 1.29 is 9.94 Å². The smallest absolute Gasteiger partial charge is 0.152 e. The fourth-order valence-electron chi connectivity index (χ4n) is 3.15. The Hall–Kier alpha value is -2.07. The van der Waals surface area contributed by atoms with E-state index in [1.165, 1.54) is 11.1 Å². The van der Waals surface area contributed by atoms with Crippen molar-refractivity contribution in [2.75, 3.05) is 25.7 Å². The molecule has 27 heavy (non-hydrogen) atoms. The molecule has 0 aliphatic rings. The molecule has 2 rings (SSSR count).